The average Bonchev–Trinajstić information content (AvgIpc) is 2.46. The summed E-state index contributed by atoms with van der Waals surface area (Å²) in [5.41, 5.74) is 0.270. The molecule has 0 heterocycles. The third kappa shape index (κ3) is 2.95. The molecule has 6 nitrogen and oxygen atoms in total. The molecule has 0 bridgehead atoms. The van der Waals surface area contributed by atoms with Crippen LogP contribution in [0.3, 0.4) is 0 Å². The lowest BCUT2D eigenvalue weighted by molar-refractivity contribution is -0.384. The van der Waals surface area contributed by atoms with Crippen molar-refractivity contribution in [3.63, 3.8) is 0 Å². The second-order valence-electron chi connectivity index (χ2n) is 4.14. The molecule has 7 heteroatoms. The number of nitro benzene ring substituents is 1. The highest BCUT2D eigenvalue weighted by Gasteiger charge is 2.19. The highest BCUT2D eigenvalue weighted by Crippen LogP contribution is 2.36. The van der Waals surface area contributed by atoms with Crippen LogP contribution in [0.1, 0.15) is 10.4 Å². The van der Waals surface area contributed by atoms with Gasteiger partial charge in [-0.25, -0.2) is 4.79 Å². The molecule has 0 aliphatic rings. The third-order valence-electron chi connectivity index (χ3n) is 2.90. The first-order valence-corrected chi connectivity index (χ1v) is 6.17. The Labute approximate surface area is 124 Å². The number of rotatable bonds is 4. The molecule has 0 unspecified atom stereocenters. The zero-order valence-corrected chi connectivity index (χ0v) is 11.6. The number of non-ortho nitro benzene ring substituents is 1. The van der Waals surface area contributed by atoms with Gasteiger partial charge in [-0.1, -0.05) is 11.6 Å². The topological polar surface area (TPSA) is 89.7 Å². The highest BCUT2D eigenvalue weighted by atomic mass is 35.5. The van der Waals surface area contributed by atoms with E-state index >= 15 is 0 Å². The maximum absolute atomic E-state index is 11.4. The van der Waals surface area contributed by atoms with E-state index in [1.807, 2.05) is 0 Å². The van der Waals surface area contributed by atoms with Gasteiger partial charge in [-0.3, -0.25) is 10.1 Å². The number of carboxylic acids is 1. The first-order chi connectivity index (χ1) is 9.93. The van der Waals surface area contributed by atoms with Crippen molar-refractivity contribution in [2.75, 3.05) is 7.11 Å². The molecule has 0 saturated carbocycles. The fourth-order valence-corrected chi connectivity index (χ4v) is 2.12. The van der Waals surface area contributed by atoms with E-state index in [1.54, 1.807) is 18.2 Å². The number of nitro groups is 1. The largest absolute Gasteiger partial charge is 0.496 e. The van der Waals surface area contributed by atoms with E-state index < -0.39 is 10.9 Å². The fourth-order valence-electron chi connectivity index (χ4n) is 1.95. The summed E-state index contributed by atoms with van der Waals surface area (Å²) in [5.74, 6) is -0.841. The summed E-state index contributed by atoms with van der Waals surface area (Å²) in [6.07, 6.45) is 0. The zero-order chi connectivity index (χ0) is 15.6. The molecular weight excluding hydrogens is 298 g/mol. The predicted octanol–water partition coefficient (Wildman–Crippen LogP) is 3.62. The summed E-state index contributed by atoms with van der Waals surface area (Å²) in [6, 6.07) is 8.38. The molecule has 2 aromatic carbocycles. The smallest absolute Gasteiger partial charge is 0.336 e. The molecule has 0 aliphatic heterocycles. The van der Waals surface area contributed by atoms with Gasteiger partial charge in [0, 0.05) is 28.3 Å². The Kier molecular flexibility index (Phi) is 4.09. The van der Waals surface area contributed by atoms with Crippen LogP contribution in [0.4, 0.5) is 5.69 Å². The van der Waals surface area contributed by atoms with Gasteiger partial charge >= 0.3 is 5.97 Å². The second-order valence-corrected chi connectivity index (χ2v) is 4.57. The second kappa shape index (κ2) is 5.80. The molecule has 2 rings (SSSR count). The van der Waals surface area contributed by atoms with Gasteiger partial charge in [0.05, 0.1) is 17.6 Å². The molecule has 0 fully saturated rings. The van der Waals surface area contributed by atoms with E-state index in [-0.39, 0.29) is 11.3 Å². The summed E-state index contributed by atoms with van der Waals surface area (Å²) in [6.45, 7) is 0. The van der Waals surface area contributed by atoms with Crippen LogP contribution in [0.5, 0.6) is 5.75 Å². The van der Waals surface area contributed by atoms with Crippen molar-refractivity contribution < 1.29 is 19.6 Å². The van der Waals surface area contributed by atoms with Crippen molar-refractivity contribution in [2.24, 2.45) is 0 Å². The van der Waals surface area contributed by atoms with Crippen LogP contribution in [0.25, 0.3) is 11.1 Å². The van der Waals surface area contributed by atoms with E-state index in [4.69, 9.17) is 16.3 Å². The van der Waals surface area contributed by atoms with Gasteiger partial charge in [0.2, 0.25) is 0 Å². The number of carboxylic acid groups (broad SMARTS) is 1. The quantitative estimate of drug-likeness (QED) is 0.688. The summed E-state index contributed by atoms with van der Waals surface area (Å²) in [4.78, 5) is 21.5. The number of aromatic carboxylic acids is 1. The van der Waals surface area contributed by atoms with Crippen molar-refractivity contribution in [2.45, 2.75) is 0 Å². The average molecular weight is 308 g/mol. The number of methoxy groups -OCH3 is 1. The van der Waals surface area contributed by atoms with Crippen LogP contribution < -0.4 is 4.74 Å². The molecule has 0 aromatic heterocycles. The first kappa shape index (κ1) is 14.8. The molecule has 2 aromatic rings. The Morgan fingerprint density at radius 3 is 2.52 bits per heavy atom. The van der Waals surface area contributed by atoms with Crippen LogP contribution in [-0.2, 0) is 0 Å². The normalized spacial score (nSPS) is 10.2. The van der Waals surface area contributed by atoms with Crippen LogP contribution in [0.2, 0.25) is 5.02 Å². The van der Waals surface area contributed by atoms with E-state index in [2.05, 4.69) is 0 Å². The van der Waals surface area contributed by atoms with Gasteiger partial charge in [0.1, 0.15) is 5.75 Å². The number of hydrogen-bond donors (Lipinski definition) is 1. The Hall–Kier alpha value is -2.60. The monoisotopic (exact) mass is 307 g/mol. The van der Waals surface area contributed by atoms with Crippen LogP contribution in [0.15, 0.2) is 36.4 Å². The minimum Gasteiger partial charge on any atom is -0.496 e. The number of carbonyl (C=O) groups is 1. The number of halogens is 1. The van der Waals surface area contributed by atoms with Crippen molar-refractivity contribution in [1.29, 1.82) is 0 Å². The van der Waals surface area contributed by atoms with E-state index in [0.717, 1.165) is 6.07 Å². The summed E-state index contributed by atoms with van der Waals surface area (Å²) in [5, 5.41) is 20.4. The van der Waals surface area contributed by atoms with Crippen molar-refractivity contribution >= 4 is 23.3 Å². The molecule has 0 saturated heterocycles. The van der Waals surface area contributed by atoms with Gasteiger partial charge in [0.15, 0.2) is 0 Å². The van der Waals surface area contributed by atoms with Gasteiger partial charge in [-0.15, -0.1) is 0 Å². The van der Waals surface area contributed by atoms with Crippen LogP contribution in [0, 0.1) is 10.1 Å². The molecule has 0 atom stereocenters. The Morgan fingerprint density at radius 2 is 1.95 bits per heavy atom. The molecule has 0 aliphatic carbocycles. The van der Waals surface area contributed by atoms with Gasteiger partial charge < -0.3 is 9.84 Å². The maximum Gasteiger partial charge on any atom is 0.336 e. The summed E-state index contributed by atoms with van der Waals surface area (Å²) < 4.78 is 5.18. The lowest BCUT2D eigenvalue weighted by atomic mass is 9.98. The minimum absolute atomic E-state index is 0.190. The van der Waals surface area contributed by atoms with E-state index in [9.17, 15) is 20.0 Å². The van der Waals surface area contributed by atoms with Gasteiger partial charge in [0.25, 0.3) is 5.69 Å². The SMILES string of the molecule is COc1ccc(Cl)cc1-c1ccc([N+](=O)[O-])cc1C(=O)O. The van der Waals surface area contributed by atoms with Gasteiger partial charge in [-0.05, 0) is 24.3 Å². The molecular formula is C14H10ClNO5. The maximum atomic E-state index is 11.4. The Balaban J connectivity index is 2.71. The number of ether oxygens (including phenoxy) is 1. The summed E-state index contributed by atoms with van der Waals surface area (Å²) in [7, 11) is 1.44. The van der Waals surface area contributed by atoms with Crippen molar-refractivity contribution in [3.05, 3.63) is 57.1 Å². The van der Waals surface area contributed by atoms with Crippen molar-refractivity contribution in [3.8, 4) is 16.9 Å². The first-order valence-electron chi connectivity index (χ1n) is 5.79. The molecule has 0 radical (unpaired) electrons. The fraction of sp³-hybridized carbons (Fsp3) is 0.0714. The lowest BCUT2D eigenvalue weighted by Crippen LogP contribution is -2.02. The molecule has 21 heavy (non-hydrogen) atoms. The highest BCUT2D eigenvalue weighted by molar-refractivity contribution is 6.31. The number of hydrogen-bond acceptors (Lipinski definition) is 4. The Bertz CT molecular complexity index is 729. The Morgan fingerprint density at radius 1 is 1.24 bits per heavy atom. The molecule has 1 N–H and O–H groups in total. The number of nitrogens with zero attached hydrogens (tertiary/aromatic N) is 1. The zero-order valence-electron chi connectivity index (χ0n) is 10.9. The van der Waals surface area contributed by atoms with E-state index in [1.165, 1.54) is 19.2 Å². The van der Waals surface area contributed by atoms with Crippen LogP contribution in [-0.4, -0.2) is 23.1 Å². The molecule has 0 amide bonds. The lowest BCUT2D eigenvalue weighted by Gasteiger charge is -2.11. The number of benzene rings is 2. The van der Waals surface area contributed by atoms with E-state index in [0.29, 0.717) is 21.9 Å². The minimum atomic E-state index is -1.27. The molecule has 108 valence electrons. The molecule has 0 spiro atoms. The predicted molar refractivity (Wildman–Crippen MR) is 77.1 cm³/mol. The summed E-state index contributed by atoms with van der Waals surface area (Å²) >= 11 is 5.93. The van der Waals surface area contributed by atoms with Gasteiger partial charge in [-0.2, -0.15) is 0 Å². The standard InChI is InChI=1S/C14H10ClNO5/c1-21-13-5-2-8(15)6-11(13)10-4-3-9(16(19)20)7-12(10)14(17)18/h2-7H,1H3,(H,17,18). The third-order valence-corrected chi connectivity index (χ3v) is 3.13. The van der Waals surface area contributed by atoms with Crippen molar-refractivity contribution in [1.82, 2.24) is 0 Å². The van der Waals surface area contributed by atoms with Crippen LogP contribution >= 0.6 is 11.6 Å².